The molecule has 0 N–H and O–H groups in total. The molecule has 2 fully saturated rings. The zero-order valence-electron chi connectivity index (χ0n) is 9.90. The third kappa shape index (κ3) is 2.33. The first-order chi connectivity index (χ1) is 8.63. The molecular weight excluding hydrogens is 316 g/mol. The molecule has 0 amide bonds. The summed E-state index contributed by atoms with van der Waals surface area (Å²) >= 11 is 9.46. The van der Waals surface area contributed by atoms with Crippen LogP contribution >= 0.6 is 27.5 Å². The number of aromatic nitrogens is 1. The third-order valence-corrected chi connectivity index (χ3v) is 4.85. The van der Waals surface area contributed by atoms with Crippen LogP contribution in [0, 0.1) is 0 Å². The first-order valence-corrected chi connectivity index (χ1v) is 7.39. The minimum atomic E-state index is 0.406. The smallest absolute Gasteiger partial charge is 0.136 e. The predicted molar refractivity (Wildman–Crippen MR) is 73.5 cm³/mol. The van der Waals surface area contributed by atoms with Gasteiger partial charge in [0, 0.05) is 35.9 Å². The molecule has 1 aromatic rings. The molecule has 0 aromatic carbocycles. The van der Waals surface area contributed by atoms with Gasteiger partial charge in [-0.3, -0.25) is 9.69 Å². The Balaban J connectivity index is 1.81. The van der Waals surface area contributed by atoms with Crippen LogP contribution in [0.1, 0.15) is 31.4 Å². The topological polar surface area (TPSA) is 33.2 Å². The van der Waals surface area contributed by atoms with Crippen molar-refractivity contribution in [3.63, 3.8) is 0 Å². The molecule has 0 saturated carbocycles. The highest BCUT2D eigenvalue weighted by Gasteiger charge is 2.40. The number of rotatable bonds is 2. The van der Waals surface area contributed by atoms with Gasteiger partial charge in [0.25, 0.3) is 0 Å². The van der Waals surface area contributed by atoms with Crippen molar-refractivity contribution in [1.29, 1.82) is 0 Å². The second kappa shape index (κ2) is 4.91. The van der Waals surface area contributed by atoms with Gasteiger partial charge in [0.1, 0.15) is 10.9 Å². The van der Waals surface area contributed by atoms with E-state index in [0.29, 0.717) is 35.9 Å². The van der Waals surface area contributed by atoms with E-state index < -0.39 is 0 Å². The minimum Gasteiger partial charge on any atom is -0.300 e. The number of fused-ring (bicyclic) bond motifs is 2. The van der Waals surface area contributed by atoms with Crippen LogP contribution < -0.4 is 0 Å². The van der Waals surface area contributed by atoms with Gasteiger partial charge in [-0.05, 0) is 40.9 Å². The molecule has 2 aliphatic heterocycles. The summed E-state index contributed by atoms with van der Waals surface area (Å²) < 4.78 is 0.989. The summed E-state index contributed by atoms with van der Waals surface area (Å²) in [4.78, 5) is 18.4. The molecule has 2 aliphatic rings. The van der Waals surface area contributed by atoms with E-state index in [2.05, 4.69) is 25.8 Å². The van der Waals surface area contributed by atoms with E-state index in [9.17, 15) is 4.79 Å². The van der Waals surface area contributed by atoms with Gasteiger partial charge in [-0.25, -0.2) is 4.98 Å². The van der Waals surface area contributed by atoms with E-state index in [4.69, 9.17) is 11.6 Å². The van der Waals surface area contributed by atoms with Gasteiger partial charge < -0.3 is 0 Å². The molecule has 96 valence electrons. The van der Waals surface area contributed by atoms with Crippen molar-refractivity contribution in [2.75, 3.05) is 0 Å². The lowest BCUT2D eigenvalue weighted by molar-refractivity contribution is -0.123. The molecule has 1 aromatic heterocycles. The Morgan fingerprint density at radius 2 is 2.00 bits per heavy atom. The molecule has 2 unspecified atom stereocenters. The zero-order chi connectivity index (χ0) is 12.7. The van der Waals surface area contributed by atoms with Crippen molar-refractivity contribution in [2.24, 2.45) is 0 Å². The second-order valence-corrected chi connectivity index (χ2v) is 6.31. The van der Waals surface area contributed by atoms with Crippen molar-refractivity contribution >= 4 is 33.3 Å². The van der Waals surface area contributed by atoms with E-state index >= 15 is 0 Å². The second-order valence-electron chi connectivity index (χ2n) is 5.07. The van der Waals surface area contributed by atoms with Crippen molar-refractivity contribution < 1.29 is 4.79 Å². The van der Waals surface area contributed by atoms with Crippen molar-refractivity contribution in [2.45, 2.75) is 44.3 Å². The lowest BCUT2D eigenvalue weighted by Gasteiger charge is -2.33. The van der Waals surface area contributed by atoms with Crippen molar-refractivity contribution in [1.82, 2.24) is 9.88 Å². The monoisotopic (exact) mass is 328 g/mol. The Kier molecular flexibility index (Phi) is 3.43. The number of halogens is 2. The Labute approximate surface area is 120 Å². The fourth-order valence-electron chi connectivity index (χ4n) is 3.06. The molecule has 3 heterocycles. The van der Waals surface area contributed by atoms with Gasteiger partial charge >= 0.3 is 0 Å². The maximum absolute atomic E-state index is 11.6. The number of carbonyl (C=O) groups excluding carboxylic acids is 1. The number of nitrogens with zero attached hydrogens (tertiary/aromatic N) is 2. The molecule has 2 bridgehead atoms. The van der Waals surface area contributed by atoms with Gasteiger partial charge in [0.05, 0.1) is 5.69 Å². The van der Waals surface area contributed by atoms with Crippen LogP contribution in [-0.2, 0) is 11.3 Å². The number of piperidine rings is 1. The van der Waals surface area contributed by atoms with Gasteiger partial charge in [-0.15, -0.1) is 0 Å². The maximum Gasteiger partial charge on any atom is 0.136 e. The van der Waals surface area contributed by atoms with Gasteiger partial charge in [-0.2, -0.15) is 0 Å². The lowest BCUT2D eigenvalue weighted by atomic mass is 10.0. The molecule has 3 rings (SSSR count). The lowest BCUT2D eigenvalue weighted by Crippen LogP contribution is -2.42. The molecule has 0 radical (unpaired) electrons. The Morgan fingerprint density at radius 3 is 2.67 bits per heavy atom. The number of hydrogen-bond donors (Lipinski definition) is 0. The molecule has 2 saturated heterocycles. The normalized spacial score (nSPS) is 27.8. The van der Waals surface area contributed by atoms with Crippen LogP contribution in [0.4, 0.5) is 0 Å². The molecule has 0 aliphatic carbocycles. The van der Waals surface area contributed by atoms with Crippen LogP contribution in [0.15, 0.2) is 16.6 Å². The first kappa shape index (κ1) is 12.6. The average Bonchev–Trinajstić information content (AvgIpc) is 2.57. The molecule has 5 heteroatoms. The Hall–Kier alpha value is -0.450. The van der Waals surface area contributed by atoms with Crippen molar-refractivity contribution in [3.8, 4) is 0 Å². The van der Waals surface area contributed by atoms with Crippen LogP contribution in [0.25, 0.3) is 0 Å². The fraction of sp³-hybridized carbons (Fsp3) is 0.538. The molecule has 0 spiro atoms. The number of hydrogen-bond acceptors (Lipinski definition) is 3. The molecular formula is C13H14BrClN2O. The summed E-state index contributed by atoms with van der Waals surface area (Å²) in [6.45, 7) is 0.782. The van der Waals surface area contributed by atoms with Crippen molar-refractivity contribution in [3.05, 3.63) is 27.5 Å². The van der Waals surface area contributed by atoms with E-state index in [1.807, 2.05) is 6.07 Å². The summed E-state index contributed by atoms with van der Waals surface area (Å²) in [5.74, 6) is 0.414. The fourth-order valence-corrected chi connectivity index (χ4v) is 3.57. The largest absolute Gasteiger partial charge is 0.300 e. The van der Waals surface area contributed by atoms with Crippen LogP contribution in [0.5, 0.6) is 0 Å². The summed E-state index contributed by atoms with van der Waals surface area (Å²) in [5.41, 5.74) is 0.966. The summed E-state index contributed by atoms with van der Waals surface area (Å²) in [5, 5.41) is 0.522. The quantitative estimate of drug-likeness (QED) is 0.781. The van der Waals surface area contributed by atoms with E-state index in [-0.39, 0.29) is 0 Å². The predicted octanol–water partition coefficient (Wildman–Crippen LogP) is 3.19. The third-order valence-electron chi connectivity index (χ3n) is 3.91. The molecule has 3 nitrogen and oxygen atoms in total. The number of pyridine rings is 1. The van der Waals surface area contributed by atoms with E-state index in [1.165, 1.54) is 0 Å². The highest BCUT2D eigenvalue weighted by atomic mass is 79.9. The minimum absolute atomic E-state index is 0.406. The standard InChI is InChI=1S/C13H14BrClN2O/c14-11-3-4-13(15)16-12(11)7-17-8-1-2-9(17)6-10(18)5-8/h3-4,8-9H,1-2,5-7H2. The maximum atomic E-state index is 11.6. The molecule has 18 heavy (non-hydrogen) atoms. The van der Waals surface area contributed by atoms with E-state index in [0.717, 1.165) is 29.6 Å². The number of Topliss-reactive ketones (excluding diaryl/α,β-unsaturated/α-hetero) is 1. The SMILES string of the molecule is O=C1CC2CCC(C1)N2Cc1nc(Cl)ccc1Br. The summed E-state index contributed by atoms with van der Waals surface area (Å²) in [6, 6.07) is 4.53. The van der Waals surface area contributed by atoms with Gasteiger partial charge in [0.15, 0.2) is 0 Å². The summed E-state index contributed by atoms with van der Waals surface area (Å²) in [7, 11) is 0. The van der Waals surface area contributed by atoms with E-state index in [1.54, 1.807) is 6.07 Å². The Bertz CT molecular complexity index is 478. The van der Waals surface area contributed by atoms with Crippen LogP contribution in [0.3, 0.4) is 0 Å². The van der Waals surface area contributed by atoms with Crippen LogP contribution in [0.2, 0.25) is 5.15 Å². The Morgan fingerprint density at radius 1 is 1.33 bits per heavy atom. The average molecular weight is 330 g/mol. The number of carbonyl (C=O) groups is 1. The highest BCUT2D eigenvalue weighted by molar-refractivity contribution is 9.10. The van der Waals surface area contributed by atoms with Gasteiger partial charge in [0.2, 0.25) is 0 Å². The first-order valence-electron chi connectivity index (χ1n) is 6.22. The molecule has 2 atom stereocenters. The van der Waals surface area contributed by atoms with Crippen LogP contribution in [-0.4, -0.2) is 27.8 Å². The zero-order valence-corrected chi connectivity index (χ0v) is 12.2. The summed E-state index contributed by atoms with van der Waals surface area (Å²) in [6.07, 6.45) is 3.67. The van der Waals surface area contributed by atoms with Gasteiger partial charge in [-0.1, -0.05) is 11.6 Å². The number of ketones is 1. The highest BCUT2D eigenvalue weighted by Crippen LogP contribution is 2.35.